The van der Waals surface area contributed by atoms with Gasteiger partial charge in [0.25, 0.3) is 5.91 Å². The number of ether oxygens (including phenoxy) is 2. The minimum Gasteiger partial charge on any atom is -0.482 e. The standard InChI is InChI=1S/C18H18FNO4/c1-12(2)24-17(21)11-23-16-9-3-13(4-10-16)18(22)20-15-7-5-14(19)6-8-15/h3-10,12H,11H2,1-2H3,(H,20,22). The zero-order valence-corrected chi connectivity index (χ0v) is 13.4. The molecule has 126 valence electrons. The Morgan fingerprint density at radius 2 is 1.67 bits per heavy atom. The molecular weight excluding hydrogens is 313 g/mol. The summed E-state index contributed by atoms with van der Waals surface area (Å²) in [6.45, 7) is 3.32. The number of nitrogens with one attached hydrogen (secondary N) is 1. The van der Waals surface area contributed by atoms with Crippen molar-refractivity contribution in [3.8, 4) is 5.75 Å². The summed E-state index contributed by atoms with van der Waals surface area (Å²) in [5.74, 6) is -0.699. The van der Waals surface area contributed by atoms with Crippen molar-refractivity contribution < 1.29 is 23.5 Å². The molecule has 0 aliphatic rings. The summed E-state index contributed by atoms with van der Waals surface area (Å²) in [6.07, 6.45) is -0.196. The van der Waals surface area contributed by atoms with Gasteiger partial charge in [-0.15, -0.1) is 0 Å². The van der Waals surface area contributed by atoms with E-state index in [9.17, 15) is 14.0 Å². The predicted molar refractivity (Wildman–Crippen MR) is 87.5 cm³/mol. The number of benzene rings is 2. The van der Waals surface area contributed by atoms with Gasteiger partial charge < -0.3 is 14.8 Å². The molecule has 0 fully saturated rings. The molecular formula is C18H18FNO4. The molecule has 0 radical (unpaired) electrons. The molecule has 0 spiro atoms. The summed E-state index contributed by atoms with van der Waals surface area (Å²) < 4.78 is 23.1. The topological polar surface area (TPSA) is 64.6 Å². The molecule has 0 aliphatic heterocycles. The predicted octanol–water partition coefficient (Wildman–Crippen LogP) is 3.41. The van der Waals surface area contributed by atoms with E-state index in [1.54, 1.807) is 38.1 Å². The number of anilines is 1. The monoisotopic (exact) mass is 331 g/mol. The van der Waals surface area contributed by atoms with Crippen LogP contribution in [0.1, 0.15) is 24.2 Å². The minimum atomic E-state index is -0.455. The van der Waals surface area contributed by atoms with Gasteiger partial charge in [0, 0.05) is 11.3 Å². The lowest BCUT2D eigenvalue weighted by atomic mass is 10.2. The van der Waals surface area contributed by atoms with E-state index in [2.05, 4.69) is 5.32 Å². The second kappa shape index (κ2) is 8.10. The van der Waals surface area contributed by atoms with Crippen LogP contribution >= 0.6 is 0 Å². The Balaban J connectivity index is 1.90. The van der Waals surface area contributed by atoms with E-state index in [1.165, 1.54) is 24.3 Å². The van der Waals surface area contributed by atoms with Gasteiger partial charge in [0.05, 0.1) is 6.10 Å². The smallest absolute Gasteiger partial charge is 0.344 e. The molecule has 0 atom stereocenters. The second-order valence-electron chi connectivity index (χ2n) is 5.31. The summed E-state index contributed by atoms with van der Waals surface area (Å²) in [5.41, 5.74) is 0.912. The van der Waals surface area contributed by atoms with Crippen molar-refractivity contribution in [3.05, 3.63) is 59.9 Å². The van der Waals surface area contributed by atoms with Crippen LogP contribution in [0.3, 0.4) is 0 Å². The van der Waals surface area contributed by atoms with Gasteiger partial charge in [-0.25, -0.2) is 9.18 Å². The fraction of sp³-hybridized carbons (Fsp3) is 0.222. The van der Waals surface area contributed by atoms with Gasteiger partial charge in [-0.2, -0.15) is 0 Å². The third-order valence-corrected chi connectivity index (χ3v) is 2.94. The lowest BCUT2D eigenvalue weighted by Crippen LogP contribution is -2.18. The van der Waals surface area contributed by atoms with Gasteiger partial charge >= 0.3 is 5.97 Å². The van der Waals surface area contributed by atoms with Crippen molar-refractivity contribution in [2.75, 3.05) is 11.9 Å². The Hall–Kier alpha value is -2.89. The first-order chi connectivity index (χ1) is 11.4. The van der Waals surface area contributed by atoms with Crippen molar-refractivity contribution >= 4 is 17.6 Å². The number of hydrogen-bond donors (Lipinski definition) is 1. The first-order valence-corrected chi connectivity index (χ1v) is 7.43. The normalized spacial score (nSPS) is 10.3. The Kier molecular flexibility index (Phi) is 5.89. The number of carbonyl (C=O) groups excluding carboxylic acids is 2. The fourth-order valence-electron chi connectivity index (χ4n) is 1.88. The third-order valence-electron chi connectivity index (χ3n) is 2.94. The van der Waals surface area contributed by atoms with Gasteiger partial charge in [-0.3, -0.25) is 4.79 Å². The Labute approximate surface area is 139 Å². The Morgan fingerprint density at radius 3 is 2.25 bits per heavy atom. The molecule has 0 unspecified atom stereocenters. The number of amides is 1. The number of halogens is 1. The molecule has 6 heteroatoms. The van der Waals surface area contributed by atoms with Crippen molar-refractivity contribution in [3.63, 3.8) is 0 Å². The van der Waals surface area contributed by atoms with Gasteiger partial charge in [0.15, 0.2) is 6.61 Å². The zero-order chi connectivity index (χ0) is 17.5. The van der Waals surface area contributed by atoms with Gasteiger partial charge in [-0.05, 0) is 62.4 Å². The molecule has 24 heavy (non-hydrogen) atoms. The molecule has 2 rings (SSSR count). The highest BCUT2D eigenvalue weighted by atomic mass is 19.1. The number of carbonyl (C=O) groups is 2. The van der Waals surface area contributed by atoms with Crippen molar-refractivity contribution in [1.29, 1.82) is 0 Å². The van der Waals surface area contributed by atoms with E-state index >= 15 is 0 Å². The molecule has 2 aromatic carbocycles. The highest BCUT2D eigenvalue weighted by Gasteiger charge is 2.09. The summed E-state index contributed by atoms with van der Waals surface area (Å²) in [7, 11) is 0. The van der Waals surface area contributed by atoms with Crippen molar-refractivity contribution in [2.45, 2.75) is 20.0 Å². The van der Waals surface area contributed by atoms with E-state index in [4.69, 9.17) is 9.47 Å². The van der Waals surface area contributed by atoms with Crippen LogP contribution in [0, 0.1) is 5.82 Å². The Bertz CT molecular complexity index is 696. The molecule has 1 N–H and O–H groups in total. The SMILES string of the molecule is CC(C)OC(=O)COc1ccc(C(=O)Nc2ccc(F)cc2)cc1. The van der Waals surface area contributed by atoms with Crippen LogP contribution in [0.5, 0.6) is 5.75 Å². The molecule has 2 aromatic rings. The van der Waals surface area contributed by atoms with E-state index in [0.29, 0.717) is 17.0 Å². The summed E-state index contributed by atoms with van der Waals surface area (Å²) in [5, 5.41) is 2.66. The molecule has 0 saturated carbocycles. The highest BCUT2D eigenvalue weighted by molar-refractivity contribution is 6.04. The van der Waals surface area contributed by atoms with Crippen LogP contribution < -0.4 is 10.1 Å². The molecule has 0 aromatic heterocycles. The number of rotatable bonds is 6. The molecule has 0 heterocycles. The second-order valence-corrected chi connectivity index (χ2v) is 5.31. The first kappa shape index (κ1) is 17.5. The largest absolute Gasteiger partial charge is 0.482 e. The maximum absolute atomic E-state index is 12.8. The summed E-state index contributed by atoms with van der Waals surface area (Å²) in [6, 6.07) is 11.8. The lowest BCUT2D eigenvalue weighted by molar-refractivity contribution is -0.149. The first-order valence-electron chi connectivity index (χ1n) is 7.43. The summed E-state index contributed by atoms with van der Waals surface area (Å²) in [4.78, 5) is 23.5. The molecule has 0 aliphatic carbocycles. The average molecular weight is 331 g/mol. The van der Waals surface area contributed by atoms with E-state index in [0.717, 1.165) is 0 Å². The van der Waals surface area contributed by atoms with E-state index in [-0.39, 0.29) is 24.4 Å². The molecule has 5 nitrogen and oxygen atoms in total. The summed E-state index contributed by atoms with van der Waals surface area (Å²) >= 11 is 0. The van der Waals surface area contributed by atoms with Crippen LogP contribution in [0.4, 0.5) is 10.1 Å². The molecule has 0 bridgehead atoms. The van der Waals surface area contributed by atoms with E-state index in [1.807, 2.05) is 0 Å². The lowest BCUT2D eigenvalue weighted by Gasteiger charge is -2.10. The van der Waals surface area contributed by atoms with Gasteiger partial charge in [0.2, 0.25) is 0 Å². The maximum Gasteiger partial charge on any atom is 0.344 e. The van der Waals surface area contributed by atoms with E-state index < -0.39 is 5.97 Å². The van der Waals surface area contributed by atoms with Crippen LogP contribution in [0.2, 0.25) is 0 Å². The van der Waals surface area contributed by atoms with Crippen molar-refractivity contribution in [2.24, 2.45) is 0 Å². The third kappa shape index (κ3) is 5.39. The highest BCUT2D eigenvalue weighted by Crippen LogP contribution is 2.15. The zero-order valence-electron chi connectivity index (χ0n) is 13.4. The number of esters is 1. The Morgan fingerprint density at radius 1 is 1.04 bits per heavy atom. The average Bonchev–Trinajstić information content (AvgIpc) is 2.55. The maximum atomic E-state index is 12.8. The van der Waals surface area contributed by atoms with Gasteiger partial charge in [-0.1, -0.05) is 0 Å². The van der Waals surface area contributed by atoms with Crippen LogP contribution in [-0.2, 0) is 9.53 Å². The minimum absolute atomic E-state index is 0.195. The van der Waals surface area contributed by atoms with Crippen LogP contribution in [-0.4, -0.2) is 24.6 Å². The van der Waals surface area contributed by atoms with Gasteiger partial charge in [0.1, 0.15) is 11.6 Å². The van der Waals surface area contributed by atoms with Crippen LogP contribution in [0.25, 0.3) is 0 Å². The van der Waals surface area contributed by atoms with Crippen molar-refractivity contribution in [1.82, 2.24) is 0 Å². The molecule has 1 amide bonds. The number of hydrogen-bond acceptors (Lipinski definition) is 4. The molecule has 0 saturated heterocycles. The quantitative estimate of drug-likeness (QED) is 0.824. The van der Waals surface area contributed by atoms with Crippen LogP contribution in [0.15, 0.2) is 48.5 Å². The fourth-order valence-corrected chi connectivity index (χ4v) is 1.88.